The lowest BCUT2D eigenvalue weighted by Gasteiger charge is -2.15. The molecule has 0 heterocycles. The van der Waals surface area contributed by atoms with Crippen molar-refractivity contribution in [2.45, 2.75) is 39.1 Å². The molecule has 7 heteroatoms. The minimum atomic E-state index is -4.58. The summed E-state index contributed by atoms with van der Waals surface area (Å²) in [4.78, 5) is 11.4. The van der Waals surface area contributed by atoms with E-state index in [-0.39, 0.29) is 36.3 Å². The van der Waals surface area contributed by atoms with Crippen LogP contribution in [0.25, 0.3) is 0 Å². The Balaban J connectivity index is 2.73. The van der Waals surface area contributed by atoms with Crippen LogP contribution in [0.15, 0.2) is 18.2 Å². The minimum absolute atomic E-state index is 0.0305. The Bertz CT molecular complexity index is 487. The van der Waals surface area contributed by atoms with Crippen LogP contribution in [0.4, 0.5) is 13.2 Å². The zero-order valence-electron chi connectivity index (χ0n) is 11.8. The third-order valence-corrected chi connectivity index (χ3v) is 2.57. The van der Waals surface area contributed by atoms with E-state index in [9.17, 15) is 18.0 Å². The molecule has 0 radical (unpaired) electrons. The number of amides is 1. The molecular formula is C14H18F3NO3. The Morgan fingerprint density at radius 3 is 2.57 bits per heavy atom. The molecule has 0 saturated carbocycles. The number of alkyl halides is 3. The molecule has 1 aromatic rings. The summed E-state index contributed by atoms with van der Waals surface area (Å²) in [5.41, 5.74) is -0.814. The number of carbonyl (C=O) groups is 1. The van der Waals surface area contributed by atoms with Crippen molar-refractivity contribution in [2.75, 3.05) is 6.61 Å². The van der Waals surface area contributed by atoms with Crippen LogP contribution >= 0.6 is 0 Å². The summed E-state index contributed by atoms with van der Waals surface area (Å²) in [5, 5.41) is 11.5. The zero-order valence-corrected chi connectivity index (χ0v) is 11.8. The molecule has 118 valence electrons. The van der Waals surface area contributed by atoms with Gasteiger partial charge < -0.3 is 15.2 Å². The SMILES string of the molecule is CC(C)NC(=O)CCOc1ccc(CO)cc1C(F)(F)F. The van der Waals surface area contributed by atoms with Gasteiger partial charge in [-0.15, -0.1) is 0 Å². The number of rotatable bonds is 6. The third kappa shape index (κ3) is 5.63. The molecule has 1 rings (SSSR count). The molecule has 4 nitrogen and oxygen atoms in total. The fraction of sp³-hybridized carbons (Fsp3) is 0.500. The molecule has 0 aliphatic carbocycles. The van der Waals surface area contributed by atoms with Gasteiger partial charge >= 0.3 is 6.18 Å². The smallest absolute Gasteiger partial charge is 0.419 e. The van der Waals surface area contributed by atoms with Gasteiger partial charge in [-0.3, -0.25) is 4.79 Å². The molecule has 0 bridgehead atoms. The van der Waals surface area contributed by atoms with Crippen LogP contribution in [-0.4, -0.2) is 23.7 Å². The Morgan fingerprint density at radius 1 is 1.38 bits per heavy atom. The number of halogens is 3. The van der Waals surface area contributed by atoms with Gasteiger partial charge in [-0.2, -0.15) is 13.2 Å². The molecule has 0 aliphatic heterocycles. The predicted octanol–water partition coefficient (Wildman–Crippen LogP) is 2.49. The van der Waals surface area contributed by atoms with Gasteiger partial charge in [0.2, 0.25) is 5.91 Å². The lowest BCUT2D eigenvalue weighted by atomic mass is 10.1. The Labute approximate surface area is 120 Å². The van der Waals surface area contributed by atoms with Crippen LogP contribution in [-0.2, 0) is 17.6 Å². The number of ether oxygens (including phenoxy) is 1. The van der Waals surface area contributed by atoms with Gasteiger partial charge in [-0.05, 0) is 31.5 Å². The second kappa shape index (κ2) is 7.31. The van der Waals surface area contributed by atoms with Crippen LogP contribution in [0.1, 0.15) is 31.4 Å². The fourth-order valence-electron chi connectivity index (χ4n) is 1.67. The van der Waals surface area contributed by atoms with Crippen LogP contribution < -0.4 is 10.1 Å². The van der Waals surface area contributed by atoms with E-state index in [0.717, 1.165) is 12.1 Å². The van der Waals surface area contributed by atoms with Crippen LogP contribution in [0.3, 0.4) is 0 Å². The van der Waals surface area contributed by atoms with Gasteiger partial charge in [0.15, 0.2) is 0 Å². The molecule has 0 aliphatic rings. The summed E-state index contributed by atoms with van der Waals surface area (Å²) in [6, 6.07) is 3.30. The van der Waals surface area contributed by atoms with E-state index in [2.05, 4.69) is 5.32 Å². The van der Waals surface area contributed by atoms with E-state index < -0.39 is 18.3 Å². The molecule has 0 unspecified atom stereocenters. The number of benzene rings is 1. The van der Waals surface area contributed by atoms with Crippen molar-refractivity contribution < 1.29 is 27.8 Å². The highest BCUT2D eigenvalue weighted by Crippen LogP contribution is 2.36. The summed E-state index contributed by atoms with van der Waals surface area (Å²) in [6.45, 7) is 2.93. The summed E-state index contributed by atoms with van der Waals surface area (Å²) in [5.74, 6) is -0.636. The maximum absolute atomic E-state index is 12.9. The topological polar surface area (TPSA) is 58.6 Å². The summed E-state index contributed by atoms with van der Waals surface area (Å²) < 4.78 is 43.7. The van der Waals surface area contributed by atoms with Crippen LogP contribution in [0.5, 0.6) is 5.75 Å². The number of hydrogen-bond donors (Lipinski definition) is 2. The number of carbonyl (C=O) groups excluding carboxylic acids is 1. The molecule has 0 atom stereocenters. The van der Waals surface area contributed by atoms with E-state index in [0.29, 0.717) is 0 Å². The van der Waals surface area contributed by atoms with Crippen molar-refractivity contribution in [2.24, 2.45) is 0 Å². The van der Waals surface area contributed by atoms with Crippen molar-refractivity contribution >= 4 is 5.91 Å². The minimum Gasteiger partial charge on any atom is -0.492 e. The number of hydrogen-bond acceptors (Lipinski definition) is 3. The molecule has 0 spiro atoms. The van der Waals surface area contributed by atoms with Gasteiger partial charge in [0.25, 0.3) is 0 Å². The molecule has 1 amide bonds. The Morgan fingerprint density at radius 2 is 2.05 bits per heavy atom. The maximum atomic E-state index is 12.9. The average Bonchev–Trinajstić information content (AvgIpc) is 2.36. The van der Waals surface area contributed by atoms with Crippen LogP contribution in [0.2, 0.25) is 0 Å². The monoisotopic (exact) mass is 305 g/mol. The molecule has 0 saturated heterocycles. The first kappa shape index (κ1) is 17.3. The number of aliphatic hydroxyl groups is 1. The van der Waals surface area contributed by atoms with E-state index in [4.69, 9.17) is 9.84 Å². The Hall–Kier alpha value is -1.76. The summed E-state index contributed by atoms with van der Waals surface area (Å²) in [6.07, 6.45) is -4.61. The first-order chi connectivity index (χ1) is 9.74. The number of nitrogens with one attached hydrogen (secondary N) is 1. The molecule has 0 fully saturated rings. The molecule has 1 aromatic carbocycles. The first-order valence-electron chi connectivity index (χ1n) is 6.47. The van der Waals surface area contributed by atoms with Crippen molar-refractivity contribution in [1.29, 1.82) is 0 Å². The largest absolute Gasteiger partial charge is 0.492 e. The van der Waals surface area contributed by atoms with Gasteiger partial charge in [0.05, 0.1) is 25.2 Å². The van der Waals surface area contributed by atoms with E-state index in [1.54, 1.807) is 13.8 Å². The van der Waals surface area contributed by atoms with E-state index in [1.165, 1.54) is 6.07 Å². The summed E-state index contributed by atoms with van der Waals surface area (Å²) in [7, 11) is 0. The predicted molar refractivity (Wildman–Crippen MR) is 70.8 cm³/mol. The summed E-state index contributed by atoms with van der Waals surface area (Å²) >= 11 is 0. The highest BCUT2D eigenvalue weighted by Gasteiger charge is 2.34. The molecule has 0 aromatic heterocycles. The first-order valence-corrected chi connectivity index (χ1v) is 6.47. The lowest BCUT2D eigenvalue weighted by Crippen LogP contribution is -2.31. The second-order valence-corrected chi connectivity index (χ2v) is 4.81. The fourth-order valence-corrected chi connectivity index (χ4v) is 1.67. The van der Waals surface area contributed by atoms with Gasteiger partial charge in [0.1, 0.15) is 5.75 Å². The Kier molecular flexibility index (Phi) is 6.02. The molecule has 2 N–H and O–H groups in total. The standard InChI is InChI=1S/C14H18F3NO3/c1-9(2)18-13(20)5-6-21-12-4-3-10(8-19)7-11(12)14(15,16)17/h3-4,7,9,19H,5-6,8H2,1-2H3,(H,18,20). The molecule has 21 heavy (non-hydrogen) atoms. The van der Waals surface area contributed by atoms with Gasteiger partial charge in [-0.1, -0.05) is 6.07 Å². The highest BCUT2D eigenvalue weighted by molar-refractivity contribution is 5.76. The van der Waals surface area contributed by atoms with E-state index >= 15 is 0 Å². The maximum Gasteiger partial charge on any atom is 0.419 e. The lowest BCUT2D eigenvalue weighted by molar-refractivity contribution is -0.139. The van der Waals surface area contributed by atoms with Crippen molar-refractivity contribution in [3.05, 3.63) is 29.3 Å². The molecular weight excluding hydrogens is 287 g/mol. The van der Waals surface area contributed by atoms with Crippen molar-refractivity contribution in [3.63, 3.8) is 0 Å². The quantitative estimate of drug-likeness (QED) is 0.849. The van der Waals surface area contributed by atoms with Gasteiger partial charge in [-0.25, -0.2) is 0 Å². The van der Waals surface area contributed by atoms with Gasteiger partial charge in [0, 0.05) is 6.04 Å². The average molecular weight is 305 g/mol. The van der Waals surface area contributed by atoms with Crippen LogP contribution in [0, 0.1) is 0 Å². The van der Waals surface area contributed by atoms with Crippen molar-refractivity contribution in [1.82, 2.24) is 5.32 Å². The highest BCUT2D eigenvalue weighted by atomic mass is 19.4. The third-order valence-electron chi connectivity index (χ3n) is 2.57. The second-order valence-electron chi connectivity index (χ2n) is 4.81. The zero-order chi connectivity index (χ0) is 16.0. The number of aliphatic hydroxyl groups excluding tert-OH is 1. The van der Waals surface area contributed by atoms with Crippen molar-refractivity contribution in [3.8, 4) is 5.75 Å². The van der Waals surface area contributed by atoms with E-state index in [1.807, 2.05) is 0 Å². The normalized spacial score (nSPS) is 11.6.